The van der Waals surface area contributed by atoms with Crippen LogP contribution in [-0.2, 0) is 19.6 Å². The lowest BCUT2D eigenvalue weighted by atomic mass is 10.2. The van der Waals surface area contributed by atoms with E-state index in [9.17, 15) is 13.2 Å². The van der Waals surface area contributed by atoms with E-state index in [0.717, 1.165) is 19.6 Å². The smallest absolute Gasteiger partial charge is 0.260 e. The van der Waals surface area contributed by atoms with Gasteiger partial charge in [0, 0.05) is 45.8 Å². The number of nitrogens with zero attached hydrogens (tertiary/aromatic N) is 3. The molecule has 0 bridgehead atoms. The molecule has 2 aliphatic heterocycles. The molecule has 1 amide bonds. The number of benzene rings is 2. The third-order valence-corrected chi connectivity index (χ3v) is 8.20. The van der Waals surface area contributed by atoms with Crippen molar-refractivity contribution in [1.29, 1.82) is 0 Å². The Balaban J connectivity index is 1.24. The number of hydrogen-bond donors (Lipinski definition) is 0. The molecule has 0 saturated carbocycles. The topological polar surface area (TPSA) is 79.4 Å². The van der Waals surface area contributed by atoms with Crippen LogP contribution < -0.4 is 4.74 Å². The lowest BCUT2D eigenvalue weighted by molar-refractivity contribution is -0.135. The van der Waals surface area contributed by atoms with Crippen molar-refractivity contribution < 1.29 is 22.7 Å². The zero-order chi connectivity index (χ0) is 24.7. The van der Waals surface area contributed by atoms with Crippen LogP contribution in [-0.4, -0.2) is 94.1 Å². The summed E-state index contributed by atoms with van der Waals surface area (Å²) in [6, 6.07) is 15.0. The van der Waals surface area contributed by atoms with E-state index < -0.39 is 10.0 Å². The molecule has 0 atom stereocenters. The zero-order valence-electron chi connectivity index (χ0n) is 20.1. The highest BCUT2D eigenvalue weighted by Crippen LogP contribution is 2.24. The SMILES string of the molecule is Cc1cc(S(=O)(=O)N2CCOCC2)ccc1OCC(=O)N1CCN(C/C=C/c2ccccc2)CC1. The van der Waals surface area contributed by atoms with E-state index in [1.165, 1.54) is 9.87 Å². The Kier molecular flexibility index (Phi) is 8.56. The fourth-order valence-electron chi connectivity index (χ4n) is 4.19. The summed E-state index contributed by atoms with van der Waals surface area (Å²) in [6.07, 6.45) is 4.27. The average Bonchev–Trinajstić information content (AvgIpc) is 2.89. The predicted octanol–water partition coefficient (Wildman–Crippen LogP) is 2.25. The molecule has 9 heteroatoms. The van der Waals surface area contributed by atoms with Crippen molar-refractivity contribution in [2.45, 2.75) is 11.8 Å². The molecule has 0 aliphatic carbocycles. The van der Waals surface area contributed by atoms with Crippen LogP contribution in [0.1, 0.15) is 11.1 Å². The van der Waals surface area contributed by atoms with E-state index in [1.54, 1.807) is 25.1 Å². The minimum absolute atomic E-state index is 0.0612. The van der Waals surface area contributed by atoms with Crippen LogP contribution in [0.3, 0.4) is 0 Å². The number of aryl methyl sites for hydroxylation is 1. The molecule has 2 aliphatic rings. The normalized spacial score (nSPS) is 18.1. The van der Waals surface area contributed by atoms with Gasteiger partial charge in [0.2, 0.25) is 10.0 Å². The Bertz CT molecular complexity index is 1120. The Morgan fingerprint density at radius 1 is 1.00 bits per heavy atom. The number of amides is 1. The van der Waals surface area contributed by atoms with Gasteiger partial charge in [0.05, 0.1) is 18.1 Å². The molecule has 0 spiro atoms. The summed E-state index contributed by atoms with van der Waals surface area (Å²) in [5.74, 6) is 0.456. The molecule has 2 fully saturated rings. The van der Waals surface area contributed by atoms with Crippen LogP contribution in [0.5, 0.6) is 5.75 Å². The highest BCUT2D eigenvalue weighted by molar-refractivity contribution is 7.89. The minimum atomic E-state index is -3.56. The maximum atomic E-state index is 12.8. The van der Waals surface area contributed by atoms with Gasteiger partial charge in [0.25, 0.3) is 5.91 Å². The molecule has 0 radical (unpaired) electrons. The van der Waals surface area contributed by atoms with Crippen LogP contribution in [0.25, 0.3) is 6.08 Å². The van der Waals surface area contributed by atoms with E-state index in [4.69, 9.17) is 9.47 Å². The fraction of sp³-hybridized carbons (Fsp3) is 0.423. The van der Waals surface area contributed by atoms with Crippen molar-refractivity contribution in [3.05, 3.63) is 65.7 Å². The third-order valence-electron chi connectivity index (χ3n) is 6.30. The molecule has 2 aromatic rings. The summed E-state index contributed by atoms with van der Waals surface area (Å²) < 4.78 is 38.1. The van der Waals surface area contributed by atoms with Crippen LogP contribution in [0.15, 0.2) is 59.5 Å². The van der Waals surface area contributed by atoms with Crippen molar-refractivity contribution in [2.75, 3.05) is 65.6 Å². The van der Waals surface area contributed by atoms with Gasteiger partial charge in [-0.1, -0.05) is 42.5 Å². The molecule has 2 saturated heterocycles. The van der Waals surface area contributed by atoms with E-state index in [-0.39, 0.29) is 17.4 Å². The molecule has 0 aromatic heterocycles. The molecular weight excluding hydrogens is 466 g/mol. The molecule has 188 valence electrons. The highest BCUT2D eigenvalue weighted by atomic mass is 32.2. The van der Waals surface area contributed by atoms with Gasteiger partial charge in [-0.3, -0.25) is 9.69 Å². The average molecular weight is 500 g/mol. The van der Waals surface area contributed by atoms with Gasteiger partial charge in [-0.05, 0) is 36.2 Å². The number of morpholine rings is 1. The van der Waals surface area contributed by atoms with E-state index in [2.05, 4.69) is 29.2 Å². The van der Waals surface area contributed by atoms with Crippen molar-refractivity contribution >= 4 is 22.0 Å². The van der Waals surface area contributed by atoms with Gasteiger partial charge in [-0.2, -0.15) is 4.31 Å². The monoisotopic (exact) mass is 499 g/mol. The first kappa shape index (κ1) is 25.4. The molecule has 0 N–H and O–H groups in total. The standard InChI is InChI=1S/C26H33N3O5S/c1-22-20-24(35(31,32)29-16-18-33-19-17-29)9-10-25(22)34-21-26(30)28-14-12-27(13-15-28)11-5-8-23-6-3-2-4-7-23/h2-10,20H,11-19,21H2,1H3/b8-5+. The predicted molar refractivity (Wildman–Crippen MR) is 135 cm³/mol. The first-order valence-corrected chi connectivity index (χ1v) is 13.4. The van der Waals surface area contributed by atoms with Crippen LogP contribution >= 0.6 is 0 Å². The quantitative estimate of drug-likeness (QED) is 0.554. The molecule has 2 aromatic carbocycles. The minimum Gasteiger partial charge on any atom is -0.483 e. The number of carbonyl (C=O) groups is 1. The maximum Gasteiger partial charge on any atom is 0.260 e. The van der Waals surface area contributed by atoms with Gasteiger partial charge < -0.3 is 14.4 Å². The van der Waals surface area contributed by atoms with E-state index in [1.807, 2.05) is 23.1 Å². The molecule has 0 unspecified atom stereocenters. The third kappa shape index (κ3) is 6.70. The van der Waals surface area contributed by atoms with Gasteiger partial charge >= 0.3 is 0 Å². The summed E-state index contributed by atoms with van der Waals surface area (Å²) >= 11 is 0. The highest BCUT2D eigenvalue weighted by Gasteiger charge is 2.27. The number of piperazine rings is 1. The first-order chi connectivity index (χ1) is 16.9. The lowest BCUT2D eigenvalue weighted by Crippen LogP contribution is -2.49. The summed E-state index contributed by atoms with van der Waals surface area (Å²) in [6.45, 7) is 7.05. The maximum absolute atomic E-state index is 12.8. The second-order valence-corrected chi connectivity index (χ2v) is 10.7. The molecule has 35 heavy (non-hydrogen) atoms. The van der Waals surface area contributed by atoms with Crippen LogP contribution in [0.4, 0.5) is 0 Å². The second-order valence-electron chi connectivity index (χ2n) is 8.73. The molecular formula is C26H33N3O5S. The van der Waals surface area contributed by atoms with Crippen molar-refractivity contribution in [2.24, 2.45) is 0 Å². The molecule has 8 nitrogen and oxygen atoms in total. The number of sulfonamides is 1. The van der Waals surface area contributed by atoms with Crippen molar-refractivity contribution in [3.63, 3.8) is 0 Å². The zero-order valence-corrected chi connectivity index (χ0v) is 21.0. The number of carbonyl (C=O) groups excluding carboxylic acids is 1. The van der Waals surface area contributed by atoms with Gasteiger partial charge in [-0.25, -0.2) is 8.42 Å². The Morgan fingerprint density at radius 3 is 2.40 bits per heavy atom. The van der Waals surface area contributed by atoms with E-state index in [0.29, 0.717) is 50.7 Å². The fourth-order valence-corrected chi connectivity index (χ4v) is 5.69. The van der Waals surface area contributed by atoms with Crippen molar-refractivity contribution in [3.8, 4) is 5.75 Å². The number of rotatable bonds is 8. The Labute approximate surface area is 207 Å². The number of hydrogen-bond acceptors (Lipinski definition) is 6. The lowest BCUT2D eigenvalue weighted by Gasteiger charge is -2.34. The van der Waals surface area contributed by atoms with Gasteiger partial charge in [-0.15, -0.1) is 0 Å². The largest absolute Gasteiger partial charge is 0.483 e. The van der Waals surface area contributed by atoms with Crippen molar-refractivity contribution in [1.82, 2.24) is 14.1 Å². The molecule has 2 heterocycles. The molecule has 4 rings (SSSR count). The first-order valence-electron chi connectivity index (χ1n) is 12.0. The Hall–Kier alpha value is -2.72. The van der Waals surface area contributed by atoms with Gasteiger partial charge in [0.1, 0.15) is 5.75 Å². The van der Waals surface area contributed by atoms with Crippen LogP contribution in [0, 0.1) is 6.92 Å². The second kappa shape index (κ2) is 11.8. The Morgan fingerprint density at radius 2 is 1.71 bits per heavy atom. The summed E-state index contributed by atoms with van der Waals surface area (Å²) in [7, 11) is -3.56. The van der Waals surface area contributed by atoms with E-state index >= 15 is 0 Å². The summed E-state index contributed by atoms with van der Waals surface area (Å²) in [4.78, 5) is 17.0. The van der Waals surface area contributed by atoms with Crippen LogP contribution in [0.2, 0.25) is 0 Å². The summed E-state index contributed by atoms with van der Waals surface area (Å²) in [5, 5.41) is 0. The van der Waals surface area contributed by atoms with Gasteiger partial charge in [0.15, 0.2) is 6.61 Å². The summed E-state index contributed by atoms with van der Waals surface area (Å²) in [5.41, 5.74) is 1.86. The number of ether oxygens (including phenoxy) is 2.